The van der Waals surface area contributed by atoms with E-state index in [-0.39, 0.29) is 11.8 Å². The first kappa shape index (κ1) is 15.9. The molecule has 0 aromatic heterocycles. The minimum absolute atomic E-state index is 0.219. The van der Waals surface area contributed by atoms with Gasteiger partial charge in [-0.15, -0.1) is 0 Å². The molecule has 0 spiro atoms. The van der Waals surface area contributed by atoms with Crippen LogP contribution in [-0.4, -0.2) is 58.3 Å². The summed E-state index contributed by atoms with van der Waals surface area (Å²) in [5.74, 6) is 0.236. The van der Waals surface area contributed by atoms with Crippen LogP contribution < -0.4 is 10.0 Å². The van der Waals surface area contributed by atoms with E-state index in [2.05, 4.69) is 10.0 Å². The average Bonchev–Trinajstić information content (AvgIpc) is 3.09. The van der Waals surface area contributed by atoms with Crippen molar-refractivity contribution in [3.63, 3.8) is 0 Å². The van der Waals surface area contributed by atoms with Crippen molar-refractivity contribution in [1.82, 2.24) is 14.9 Å². The van der Waals surface area contributed by atoms with Crippen molar-refractivity contribution < 1.29 is 8.42 Å². The third-order valence-electron chi connectivity index (χ3n) is 3.33. The van der Waals surface area contributed by atoms with Gasteiger partial charge in [-0.1, -0.05) is 0 Å². The molecule has 1 aliphatic rings. The zero-order valence-corrected chi connectivity index (χ0v) is 12.6. The number of nitrogens with zero attached hydrogens (tertiary/aromatic N) is 1. The van der Waals surface area contributed by atoms with E-state index in [1.165, 1.54) is 12.8 Å². The second kappa shape index (κ2) is 7.43. The maximum absolute atomic E-state index is 11.7. The lowest BCUT2D eigenvalue weighted by Crippen LogP contribution is -2.39. The monoisotopic (exact) mass is 277 g/mol. The molecule has 0 bridgehead atoms. The van der Waals surface area contributed by atoms with E-state index >= 15 is 0 Å². The van der Waals surface area contributed by atoms with Gasteiger partial charge in [0.2, 0.25) is 10.0 Å². The van der Waals surface area contributed by atoms with E-state index in [9.17, 15) is 8.42 Å². The standard InChI is InChI=1S/C12H27N3O2S/c1-11(15(2)3)10-14-18(16,17)9-5-4-8-13-12-6-7-12/h11-14H,4-10H2,1-3H3. The Morgan fingerprint density at radius 2 is 1.94 bits per heavy atom. The molecular formula is C12H27N3O2S. The molecule has 0 aromatic rings. The number of hydrogen-bond donors (Lipinski definition) is 2. The molecule has 0 amide bonds. The van der Waals surface area contributed by atoms with Crippen LogP contribution in [-0.2, 0) is 10.0 Å². The Kier molecular flexibility index (Phi) is 6.55. The van der Waals surface area contributed by atoms with Gasteiger partial charge < -0.3 is 10.2 Å². The van der Waals surface area contributed by atoms with Crippen molar-refractivity contribution in [3.8, 4) is 0 Å². The summed E-state index contributed by atoms with van der Waals surface area (Å²) in [5, 5.41) is 3.39. The fourth-order valence-electron chi connectivity index (χ4n) is 1.51. The summed E-state index contributed by atoms with van der Waals surface area (Å²) in [5.41, 5.74) is 0. The van der Waals surface area contributed by atoms with Crippen LogP contribution in [0.2, 0.25) is 0 Å². The predicted octanol–water partition coefficient (Wildman–Crippen LogP) is 0.388. The molecule has 5 nitrogen and oxygen atoms in total. The lowest BCUT2D eigenvalue weighted by Gasteiger charge is -2.19. The van der Waals surface area contributed by atoms with E-state index in [4.69, 9.17) is 0 Å². The highest BCUT2D eigenvalue weighted by atomic mass is 32.2. The summed E-state index contributed by atoms with van der Waals surface area (Å²) in [7, 11) is 0.794. The van der Waals surface area contributed by atoms with Crippen molar-refractivity contribution in [3.05, 3.63) is 0 Å². The first-order chi connectivity index (χ1) is 8.41. The van der Waals surface area contributed by atoms with E-state index in [1.807, 2.05) is 25.9 Å². The van der Waals surface area contributed by atoms with Gasteiger partial charge in [-0.3, -0.25) is 0 Å². The van der Waals surface area contributed by atoms with E-state index in [1.54, 1.807) is 0 Å². The largest absolute Gasteiger partial charge is 0.314 e. The summed E-state index contributed by atoms with van der Waals surface area (Å²) >= 11 is 0. The normalized spacial score (nSPS) is 18.2. The smallest absolute Gasteiger partial charge is 0.211 e. The SMILES string of the molecule is CC(CNS(=O)(=O)CCCCNC1CC1)N(C)C. The number of likely N-dealkylation sites (N-methyl/N-ethyl adjacent to an activating group) is 1. The van der Waals surface area contributed by atoms with Crippen LogP contribution in [0.15, 0.2) is 0 Å². The molecule has 1 atom stereocenters. The molecule has 0 saturated heterocycles. The molecule has 1 aliphatic carbocycles. The topological polar surface area (TPSA) is 61.4 Å². The van der Waals surface area contributed by atoms with Gasteiger partial charge >= 0.3 is 0 Å². The number of sulfonamides is 1. The molecule has 0 aromatic carbocycles. The summed E-state index contributed by atoms with van der Waals surface area (Å²) in [4.78, 5) is 2.00. The molecule has 6 heteroatoms. The Hall–Kier alpha value is -0.170. The lowest BCUT2D eigenvalue weighted by atomic mass is 10.3. The molecule has 108 valence electrons. The lowest BCUT2D eigenvalue weighted by molar-refractivity contribution is 0.314. The number of hydrogen-bond acceptors (Lipinski definition) is 4. The van der Waals surface area contributed by atoms with Crippen molar-refractivity contribution in [2.75, 3.05) is 32.9 Å². The summed E-state index contributed by atoms with van der Waals surface area (Å²) in [6.07, 6.45) is 4.22. The van der Waals surface area contributed by atoms with Crippen LogP contribution >= 0.6 is 0 Å². The molecule has 0 aliphatic heterocycles. The third-order valence-corrected chi connectivity index (χ3v) is 4.76. The van der Waals surface area contributed by atoms with Crippen LogP contribution in [0.5, 0.6) is 0 Å². The second-order valence-corrected chi connectivity index (χ2v) is 7.34. The first-order valence-corrected chi connectivity index (χ1v) is 8.43. The van der Waals surface area contributed by atoms with Crippen molar-refractivity contribution in [2.24, 2.45) is 0 Å². The summed E-state index contributed by atoms with van der Waals surface area (Å²) in [6.45, 7) is 3.42. The Morgan fingerprint density at radius 3 is 2.50 bits per heavy atom. The minimum atomic E-state index is -3.10. The Labute approximate surface area is 111 Å². The molecule has 1 fully saturated rings. The second-order valence-electron chi connectivity index (χ2n) is 5.42. The molecular weight excluding hydrogens is 250 g/mol. The third kappa shape index (κ3) is 7.31. The number of nitrogens with one attached hydrogen (secondary N) is 2. The summed E-state index contributed by atoms with van der Waals surface area (Å²) in [6, 6.07) is 0.928. The maximum atomic E-state index is 11.7. The summed E-state index contributed by atoms with van der Waals surface area (Å²) < 4.78 is 26.1. The fraction of sp³-hybridized carbons (Fsp3) is 1.00. The molecule has 0 heterocycles. The molecule has 1 saturated carbocycles. The van der Waals surface area contributed by atoms with Crippen LogP contribution in [0.3, 0.4) is 0 Å². The molecule has 1 unspecified atom stereocenters. The predicted molar refractivity (Wildman–Crippen MR) is 75.2 cm³/mol. The molecule has 0 radical (unpaired) electrons. The maximum Gasteiger partial charge on any atom is 0.211 e. The molecule has 1 rings (SSSR count). The Morgan fingerprint density at radius 1 is 1.28 bits per heavy atom. The van der Waals surface area contributed by atoms with Crippen molar-refractivity contribution in [2.45, 2.75) is 44.7 Å². The van der Waals surface area contributed by atoms with Gasteiger partial charge in [0, 0.05) is 18.6 Å². The van der Waals surface area contributed by atoms with E-state index in [0.717, 1.165) is 19.4 Å². The van der Waals surface area contributed by atoms with Crippen molar-refractivity contribution >= 4 is 10.0 Å². The highest BCUT2D eigenvalue weighted by Crippen LogP contribution is 2.18. The highest BCUT2D eigenvalue weighted by Gasteiger charge is 2.19. The van der Waals surface area contributed by atoms with Gasteiger partial charge in [0.25, 0.3) is 0 Å². The first-order valence-electron chi connectivity index (χ1n) is 6.78. The van der Waals surface area contributed by atoms with Crippen LogP contribution in [0.25, 0.3) is 0 Å². The van der Waals surface area contributed by atoms with Gasteiger partial charge in [0.15, 0.2) is 0 Å². The number of unbranched alkanes of at least 4 members (excludes halogenated alkanes) is 1. The van der Waals surface area contributed by atoms with E-state index < -0.39 is 10.0 Å². The van der Waals surface area contributed by atoms with Crippen LogP contribution in [0, 0.1) is 0 Å². The van der Waals surface area contributed by atoms with Gasteiger partial charge in [-0.05, 0) is 53.2 Å². The molecule has 18 heavy (non-hydrogen) atoms. The average molecular weight is 277 g/mol. The quantitative estimate of drug-likeness (QED) is 0.567. The fourth-order valence-corrected chi connectivity index (χ4v) is 2.74. The van der Waals surface area contributed by atoms with Crippen LogP contribution in [0.1, 0.15) is 32.6 Å². The van der Waals surface area contributed by atoms with Crippen LogP contribution in [0.4, 0.5) is 0 Å². The minimum Gasteiger partial charge on any atom is -0.314 e. The molecule has 2 N–H and O–H groups in total. The highest BCUT2D eigenvalue weighted by molar-refractivity contribution is 7.89. The Balaban J connectivity index is 2.06. The van der Waals surface area contributed by atoms with Crippen molar-refractivity contribution in [1.29, 1.82) is 0 Å². The van der Waals surface area contributed by atoms with Gasteiger partial charge in [-0.2, -0.15) is 0 Å². The van der Waals surface area contributed by atoms with Gasteiger partial charge in [-0.25, -0.2) is 13.1 Å². The van der Waals surface area contributed by atoms with Gasteiger partial charge in [0.1, 0.15) is 0 Å². The van der Waals surface area contributed by atoms with Gasteiger partial charge in [0.05, 0.1) is 5.75 Å². The Bertz CT molecular complexity index is 326. The zero-order valence-electron chi connectivity index (χ0n) is 11.8. The van der Waals surface area contributed by atoms with E-state index in [0.29, 0.717) is 12.6 Å². The zero-order chi connectivity index (χ0) is 13.6. The number of rotatable bonds is 10.